The fourth-order valence-corrected chi connectivity index (χ4v) is 1.79. The zero-order valence-corrected chi connectivity index (χ0v) is 11.9. The molecule has 0 radical (unpaired) electrons. The van der Waals surface area contributed by atoms with Gasteiger partial charge in [0.1, 0.15) is 12.4 Å². The van der Waals surface area contributed by atoms with Crippen LogP contribution in [0.25, 0.3) is 6.08 Å². The molecule has 0 aliphatic heterocycles. The highest BCUT2D eigenvalue weighted by Gasteiger charge is 2.02. The van der Waals surface area contributed by atoms with Gasteiger partial charge in [-0.3, -0.25) is 4.79 Å². The lowest BCUT2D eigenvalue weighted by molar-refractivity contribution is -0.115. The molecule has 4 heteroatoms. The van der Waals surface area contributed by atoms with E-state index in [1.165, 1.54) is 6.08 Å². The van der Waals surface area contributed by atoms with Crippen molar-refractivity contribution in [2.45, 2.75) is 6.61 Å². The monoisotopic (exact) mass is 282 g/mol. The number of ether oxygens (including phenoxy) is 1. The number of nitrogen functional groups attached to an aromatic ring is 1. The molecule has 0 atom stereocenters. The first-order valence-electron chi connectivity index (χ1n) is 6.65. The fourth-order valence-electron chi connectivity index (χ4n) is 1.79. The Balaban J connectivity index is 2.02. The molecule has 0 aliphatic carbocycles. The van der Waals surface area contributed by atoms with E-state index in [-0.39, 0.29) is 5.91 Å². The van der Waals surface area contributed by atoms with Crippen molar-refractivity contribution in [1.82, 2.24) is 5.32 Å². The number of carbonyl (C=O) groups is 1. The summed E-state index contributed by atoms with van der Waals surface area (Å²) in [6, 6.07) is 15.3. The van der Waals surface area contributed by atoms with E-state index in [4.69, 9.17) is 10.5 Å². The van der Waals surface area contributed by atoms with Crippen molar-refractivity contribution >= 4 is 17.7 Å². The number of amides is 1. The van der Waals surface area contributed by atoms with Crippen LogP contribution >= 0.6 is 0 Å². The molecule has 108 valence electrons. The molecule has 0 spiro atoms. The van der Waals surface area contributed by atoms with E-state index in [9.17, 15) is 4.79 Å². The number of hydrogen-bond acceptors (Lipinski definition) is 3. The number of benzene rings is 2. The molecular weight excluding hydrogens is 264 g/mol. The molecule has 2 aromatic rings. The van der Waals surface area contributed by atoms with E-state index in [2.05, 4.69) is 5.32 Å². The second-order valence-corrected chi connectivity index (χ2v) is 4.52. The van der Waals surface area contributed by atoms with Crippen LogP contribution in [0.4, 0.5) is 5.69 Å². The molecule has 1 amide bonds. The molecule has 0 saturated carbocycles. The first-order valence-corrected chi connectivity index (χ1v) is 6.65. The second-order valence-electron chi connectivity index (χ2n) is 4.52. The van der Waals surface area contributed by atoms with Gasteiger partial charge in [0, 0.05) is 13.1 Å². The van der Waals surface area contributed by atoms with Crippen LogP contribution < -0.4 is 15.8 Å². The van der Waals surface area contributed by atoms with Crippen molar-refractivity contribution < 1.29 is 9.53 Å². The number of nitrogens with two attached hydrogens (primary N) is 1. The molecule has 2 aromatic carbocycles. The lowest BCUT2D eigenvalue weighted by atomic mass is 10.1. The normalized spacial score (nSPS) is 10.5. The zero-order chi connectivity index (χ0) is 15.1. The molecule has 0 fully saturated rings. The van der Waals surface area contributed by atoms with Crippen LogP contribution in [0.2, 0.25) is 0 Å². The number of carbonyl (C=O) groups excluding carboxylic acids is 1. The minimum Gasteiger partial charge on any atom is -0.487 e. The molecule has 0 aromatic heterocycles. The maximum atomic E-state index is 11.1. The van der Waals surface area contributed by atoms with Gasteiger partial charge in [-0.15, -0.1) is 0 Å². The Morgan fingerprint density at radius 1 is 1.24 bits per heavy atom. The molecule has 0 aliphatic rings. The van der Waals surface area contributed by atoms with Gasteiger partial charge >= 0.3 is 0 Å². The quantitative estimate of drug-likeness (QED) is 0.654. The van der Waals surface area contributed by atoms with Gasteiger partial charge in [-0.2, -0.15) is 0 Å². The summed E-state index contributed by atoms with van der Waals surface area (Å²) >= 11 is 0. The van der Waals surface area contributed by atoms with Crippen molar-refractivity contribution in [2.24, 2.45) is 0 Å². The van der Waals surface area contributed by atoms with Gasteiger partial charge < -0.3 is 15.8 Å². The highest BCUT2D eigenvalue weighted by Crippen LogP contribution is 2.24. The van der Waals surface area contributed by atoms with Crippen LogP contribution in [-0.4, -0.2) is 13.0 Å². The maximum Gasteiger partial charge on any atom is 0.243 e. The van der Waals surface area contributed by atoms with Crippen molar-refractivity contribution in [3.8, 4) is 5.75 Å². The van der Waals surface area contributed by atoms with Crippen LogP contribution in [0.1, 0.15) is 11.1 Å². The van der Waals surface area contributed by atoms with Crippen molar-refractivity contribution in [3.63, 3.8) is 0 Å². The van der Waals surface area contributed by atoms with Crippen LogP contribution in [0.3, 0.4) is 0 Å². The van der Waals surface area contributed by atoms with E-state index < -0.39 is 0 Å². The van der Waals surface area contributed by atoms with Gasteiger partial charge in [0.05, 0.1) is 5.69 Å². The van der Waals surface area contributed by atoms with Gasteiger partial charge in [-0.05, 0) is 29.3 Å². The third kappa shape index (κ3) is 4.38. The standard InChI is InChI=1S/C17H18N2O2/c1-19-17(20)10-8-13-7-9-16(15(18)11-13)21-12-14-5-3-2-4-6-14/h2-11H,12,18H2,1H3,(H,19,20)/b10-8-. The van der Waals surface area contributed by atoms with Crippen LogP contribution in [-0.2, 0) is 11.4 Å². The summed E-state index contributed by atoms with van der Waals surface area (Å²) in [7, 11) is 1.58. The van der Waals surface area contributed by atoms with E-state index in [0.717, 1.165) is 11.1 Å². The lowest BCUT2D eigenvalue weighted by Crippen LogP contribution is -2.13. The number of nitrogens with one attached hydrogen (secondary N) is 1. The molecule has 0 bridgehead atoms. The van der Waals surface area contributed by atoms with E-state index in [1.54, 1.807) is 19.2 Å². The summed E-state index contributed by atoms with van der Waals surface area (Å²) in [6.45, 7) is 0.471. The van der Waals surface area contributed by atoms with Crippen LogP contribution in [0.5, 0.6) is 5.75 Å². The number of likely N-dealkylation sites (N-methyl/N-ethyl adjacent to an activating group) is 1. The smallest absolute Gasteiger partial charge is 0.243 e. The fraction of sp³-hybridized carbons (Fsp3) is 0.118. The largest absolute Gasteiger partial charge is 0.487 e. The molecule has 3 N–H and O–H groups in total. The third-order valence-electron chi connectivity index (χ3n) is 2.94. The van der Waals surface area contributed by atoms with Crippen LogP contribution in [0, 0.1) is 0 Å². The average molecular weight is 282 g/mol. The summed E-state index contributed by atoms with van der Waals surface area (Å²) in [4.78, 5) is 11.1. The topological polar surface area (TPSA) is 64.3 Å². The molecular formula is C17H18N2O2. The predicted octanol–water partition coefficient (Wildman–Crippen LogP) is 2.61. The van der Waals surface area contributed by atoms with Crippen LogP contribution in [0.15, 0.2) is 54.6 Å². The van der Waals surface area contributed by atoms with Crippen molar-refractivity contribution in [3.05, 3.63) is 65.7 Å². The molecule has 0 heterocycles. The number of hydrogen-bond donors (Lipinski definition) is 2. The number of anilines is 1. The zero-order valence-electron chi connectivity index (χ0n) is 11.9. The van der Waals surface area contributed by atoms with E-state index in [0.29, 0.717) is 18.0 Å². The van der Waals surface area contributed by atoms with Gasteiger partial charge in [-0.1, -0.05) is 36.4 Å². The molecule has 4 nitrogen and oxygen atoms in total. The van der Waals surface area contributed by atoms with E-state index >= 15 is 0 Å². The van der Waals surface area contributed by atoms with Gasteiger partial charge in [0.15, 0.2) is 0 Å². The average Bonchev–Trinajstić information content (AvgIpc) is 2.52. The Labute approximate surface area is 124 Å². The Morgan fingerprint density at radius 2 is 2.00 bits per heavy atom. The molecule has 21 heavy (non-hydrogen) atoms. The Bertz CT molecular complexity index is 636. The Kier molecular flexibility index (Phi) is 4.99. The molecule has 0 saturated heterocycles. The Hall–Kier alpha value is -2.75. The summed E-state index contributed by atoms with van der Waals surface area (Å²) in [5.74, 6) is 0.480. The minimum absolute atomic E-state index is 0.155. The van der Waals surface area contributed by atoms with Gasteiger partial charge in [0.25, 0.3) is 0 Å². The van der Waals surface area contributed by atoms with Gasteiger partial charge in [0.2, 0.25) is 5.91 Å². The first kappa shape index (κ1) is 14.7. The highest BCUT2D eigenvalue weighted by atomic mass is 16.5. The highest BCUT2D eigenvalue weighted by molar-refractivity contribution is 5.91. The predicted molar refractivity (Wildman–Crippen MR) is 84.7 cm³/mol. The Morgan fingerprint density at radius 3 is 2.67 bits per heavy atom. The first-order chi connectivity index (χ1) is 10.2. The second kappa shape index (κ2) is 7.14. The SMILES string of the molecule is CNC(=O)/C=C\c1ccc(OCc2ccccc2)c(N)c1. The maximum absolute atomic E-state index is 11.1. The van der Waals surface area contributed by atoms with E-state index in [1.807, 2.05) is 42.5 Å². The van der Waals surface area contributed by atoms with Gasteiger partial charge in [-0.25, -0.2) is 0 Å². The summed E-state index contributed by atoms with van der Waals surface area (Å²) < 4.78 is 5.70. The summed E-state index contributed by atoms with van der Waals surface area (Å²) in [5.41, 5.74) is 8.45. The molecule has 0 unspecified atom stereocenters. The third-order valence-corrected chi connectivity index (χ3v) is 2.94. The van der Waals surface area contributed by atoms with Crippen molar-refractivity contribution in [2.75, 3.05) is 12.8 Å². The van der Waals surface area contributed by atoms with Crippen molar-refractivity contribution in [1.29, 1.82) is 0 Å². The minimum atomic E-state index is -0.155. The lowest BCUT2D eigenvalue weighted by Gasteiger charge is -2.09. The summed E-state index contributed by atoms with van der Waals surface area (Å²) in [6.07, 6.45) is 3.16. The summed E-state index contributed by atoms with van der Waals surface area (Å²) in [5, 5.41) is 2.52. The number of rotatable bonds is 5. The molecule has 2 rings (SSSR count).